The number of aromatic nitrogens is 4. The van der Waals surface area contributed by atoms with Crippen molar-refractivity contribution in [1.29, 1.82) is 0 Å². The fourth-order valence-electron chi connectivity index (χ4n) is 3.36. The van der Waals surface area contributed by atoms with E-state index in [-0.39, 0.29) is 29.4 Å². The monoisotopic (exact) mass is 404 g/mol. The lowest BCUT2D eigenvalue weighted by atomic mass is 10.1. The van der Waals surface area contributed by atoms with Crippen LogP contribution in [0.5, 0.6) is 0 Å². The number of nitrogens with one attached hydrogen (secondary N) is 1. The van der Waals surface area contributed by atoms with Gasteiger partial charge in [-0.25, -0.2) is 19.3 Å². The molecule has 1 saturated heterocycles. The van der Waals surface area contributed by atoms with E-state index < -0.39 is 11.9 Å². The van der Waals surface area contributed by atoms with Gasteiger partial charge in [0.25, 0.3) is 0 Å². The number of likely N-dealkylation sites (tertiary alicyclic amines) is 1. The zero-order valence-electron chi connectivity index (χ0n) is 15.1. The molecule has 0 bridgehead atoms. The van der Waals surface area contributed by atoms with Gasteiger partial charge in [-0.1, -0.05) is 11.6 Å². The molecule has 0 saturated carbocycles. The van der Waals surface area contributed by atoms with E-state index in [9.17, 15) is 14.3 Å². The van der Waals surface area contributed by atoms with Crippen molar-refractivity contribution >= 4 is 29.0 Å². The van der Waals surface area contributed by atoms with Crippen molar-refractivity contribution in [2.24, 2.45) is 0 Å². The van der Waals surface area contributed by atoms with E-state index in [4.69, 9.17) is 11.6 Å². The number of nitrogens with zero attached hydrogens (tertiary/aromatic N) is 5. The number of fused-ring (bicyclic) bond motifs is 1. The SMILES string of the molecule is Cc1ccn2ncc(-c3nc(Cl)c(F)c(NC4CCCN(C(=O)O)C4)n3)c2c1. The Labute approximate surface area is 165 Å². The highest BCUT2D eigenvalue weighted by Crippen LogP contribution is 2.28. The van der Waals surface area contributed by atoms with Crippen LogP contribution >= 0.6 is 11.6 Å². The quantitative estimate of drug-likeness (QED) is 0.649. The number of piperidine rings is 1. The number of pyridine rings is 1. The lowest BCUT2D eigenvalue weighted by Crippen LogP contribution is -2.44. The number of hydrogen-bond donors (Lipinski definition) is 2. The Balaban J connectivity index is 1.68. The van der Waals surface area contributed by atoms with E-state index in [1.807, 2.05) is 25.3 Å². The molecule has 1 aliphatic heterocycles. The smallest absolute Gasteiger partial charge is 0.407 e. The summed E-state index contributed by atoms with van der Waals surface area (Å²) in [6.07, 6.45) is 3.83. The van der Waals surface area contributed by atoms with Gasteiger partial charge >= 0.3 is 6.09 Å². The van der Waals surface area contributed by atoms with Crippen LogP contribution in [0.2, 0.25) is 5.15 Å². The summed E-state index contributed by atoms with van der Waals surface area (Å²) < 4.78 is 16.2. The number of halogens is 2. The van der Waals surface area contributed by atoms with Gasteiger partial charge in [-0.2, -0.15) is 9.49 Å². The van der Waals surface area contributed by atoms with Gasteiger partial charge in [-0.15, -0.1) is 0 Å². The van der Waals surface area contributed by atoms with Crippen molar-refractivity contribution in [2.75, 3.05) is 18.4 Å². The molecule has 1 atom stereocenters. The van der Waals surface area contributed by atoms with E-state index in [1.54, 1.807) is 10.7 Å². The van der Waals surface area contributed by atoms with Crippen molar-refractivity contribution in [2.45, 2.75) is 25.8 Å². The molecule has 1 amide bonds. The second-order valence-corrected chi connectivity index (χ2v) is 7.16. The van der Waals surface area contributed by atoms with E-state index in [0.717, 1.165) is 11.1 Å². The number of hydrogen-bond acceptors (Lipinski definition) is 5. The Kier molecular flexibility index (Phi) is 4.76. The predicted molar refractivity (Wildman–Crippen MR) is 102 cm³/mol. The van der Waals surface area contributed by atoms with Gasteiger partial charge in [0.1, 0.15) is 0 Å². The number of aryl methyl sites for hydroxylation is 1. The first-order valence-electron chi connectivity index (χ1n) is 8.84. The first kappa shape index (κ1) is 18.4. The minimum Gasteiger partial charge on any atom is -0.465 e. The molecule has 0 aliphatic carbocycles. The number of rotatable bonds is 3. The summed E-state index contributed by atoms with van der Waals surface area (Å²) in [5.74, 6) is -0.551. The number of carbonyl (C=O) groups is 1. The van der Waals surface area contributed by atoms with Crippen molar-refractivity contribution in [3.05, 3.63) is 41.1 Å². The molecule has 28 heavy (non-hydrogen) atoms. The second kappa shape index (κ2) is 7.23. The summed E-state index contributed by atoms with van der Waals surface area (Å²) in [5, 5.41) is 16.1. The minimum atomic E-state index is -0.991. The van der Waals surface area contributed by atoms with Crippen LogP contribution in [0.3, 0.4) is 0 Å². The van der Waals surface area contributed by atoms with Gasteiger partial charge in [0.15, 0.2) is 16.8 Å². The topological polar surface area (TPSA) is 95.7 Å². The largest absolute Gasteiger partial charge is 0.465 e. The van der Waals surface area contributed by atoms with Crippen LogP contribution in [0.1, 0.15) is 18.4 Å². The third-order valence-corrected chi connectivity index (χ3v) is 5.01. The van der Waals surface area contributed by atoms with Gasteiger partial charge in [-0.05, 0) is 37.5 Å². The molecule has 1 fully saturated rings. The van der Waals surface area contributed by atoms with E-state index in [0.29, 0.717) is 24.9 Å². The molecular weight excluding hydrogens is 387 g/mol. The summed E-state index contributed by atoms with van der Waals surface area (Å²) >= 11 is 6.02. The molecule has 1 aliphatic rings. The standard InChI is InChI=1S/C18H18ClFN6O2/c1-10-4-6-26-13(7-10)12(8-21-26)16-23-15(19)14(20)17(24-16)22-11-3-2-5-25(9-11)18(27)28/h4,6-8,11H,2-3,5,9H2,1H3,(H,27,28)(H,22,23,24). The zero-order chi connectivity index (χ0) is 19.8. The number of carboxylic acid groups (broad SMARTS) is 1. The van der Waals surface area contributed by atoms with Crippen LogP contribution in [0.15, 0.2) is 24.5 Å². The lowest BCUT2D eigenvalue weighted by molar-refractivity contribution is 0.132. The maximum absolute atomic E-state index is 14.5. The molecule has 8 nitrogen and oxygen atoms in total. The molecule has 146 valence electrons. The van der Waals surface area contributed by atoms with Crippen molar-refractivity contribution < 1.29 is 14.3 Å². The van der Waals surface area contributed by atoms with Crippen LogP contribution in [0.25, 0.3) is 16.9 Å². The van der Waals surface area contributed by atoms with Crippen LogP contribution in [-0.4, -0.2) is 54.8 Å². The predicted octanol–water partition coefficient (Wildman–Crippen LogP) is 3.45. The highest BCUT2D eigenvalue weighted by atomic mass is 35.5. The van der Waals surface area contributed by atoms with Crippen molar-refractivity contribution in [1.82, 2.24) is 24.5 Å². The van der Waals surface area contributed by atoms with Crippen LogP contribution in [0.4, 0.5) is 15.0 Å². The van der Waals surface area contributed by atoms with Gasteiger partial charge in [0.05, 0.1) is 17.3 Å². The van der Waals surface area contributed by atoms with Crippen LogP contribution < -0.4 is 5.32 Å². The Morgan fingerprint density at radius 1 is 1.43 bits per heavy atom. The average molecular weight is 405 g/mol. The number of amides is 1. The number of anilines is 1. The maximum atomic E-state index is 14.5. The molecule has 0 spiro atoms. The fraction of sp³-hybridized carbons (Fsp3) is 0.333. The second-order valence-electron chi connectivity index (χ2n) is 6.80. The molecular formula is C18H18ClFN6O2. The molecule has 1 unspecified atom stereocenters. The summed E-state index contributed by atoms with van der Waals surface area (Å²) in [6, 6.07) is 3.60. The summed E-state index contributed by atoms with van der Waals surface area (Å²) in [7, 11) is 0. The first-order chi connectivity index (χ1) is 13.4. The Hall–Kier alpha value is -2.94. The van der Waals surface area contributed by atoms with Crippen molar-refractivity contribution in [3.8, 4) is 11.4 Å². The maximum Gasteiger partial charge on any atom is 0.407 e. The average Bonchev–Trinajstić information content (AvgIpc) is 3.08. The van der Waals surface area contributed by atoms with Gasteiger partial charge in [-0.3, -0.25) is 0 Å². The summed E-state index contributed by atoms with van der Waals surface area (Å²) in [4.78, 5) is 20.9. The third kappa shape index (κ3) is 3.45. The molecule has 4 heterocycles. The molecule has 0 radical (unpaired) electrons. The lowest BCUT2D eigenvalue weighted by Gasteiger charge is -2.31. The molecule has 10 heteroatoms. The summed E-state index contributed by atoms with van der Waals surface area (Å²) in [5.41, 5.74) is 2.45. The fourth-order valence-corrected chi connectivity index (χ4v) is 3.53. The molecule has 3 aromatic rings. The highest BCUT2D eigenvalue weighted by Gasteiger charge is 2.25. The Morgan fingerprint density at radius 3 is 3.04 bits per heavy atom. The van der Waals surface area contributed by atoms with Crippen molar-refractivity contribution in [3.63, 3.8) is 0 Å². The van der Waals surface area contributed by atoms with Crippen LogP contribution in [0, 0.1) is 12.7 Å². The normalized spacial score (nSPS) is 17.1. The van der Waals surface area contributed by atoms with Gasteiger partial charge < -0.3 is 15.3 Å². The molecule has 3 aromatic heterocycles. The Morgan fingerprint density at radius 2 is 2.25 bits per heavy atom. The summed E-state index contributed by atoms with van der Waals surface area (Å²) in [6.45, 7) is 2.68. The van der Waals surface area contributed by atoms with Gasteiger partial charge in [0.2, 0.25) is 5.82 Å². The van der Waals surface area contributed by atoms with Crippen LogP contribution in [-0.2, 0) is 0 Å². The zero-order valence-corrected chi connectivity index (χ0v) is 15.8. The van der Waals surface area contributed by atoms with E-state index >= 15 is 0 Å². The molecule has 4 rings (SSSR count). The molecule has 2 N–H and O–H groups in total. The van der Waals surface area contributed by atoms with E-state index in [1.165, 1.54) is 4.90 Å². The minimum absolute atomic E-state index is 0.0424. The van der Waals surface area contributed by atoms with Gasteiger partial charge in [0, 0.05) is 25.3 Å². The first-order valence-corrected chi connectivity index (χ1v) is 9.22. The highest BCUT2D eigenvalue weighted by molar-refractivity contribution is 6.29. The molecule has 0 aromatic carbocycles. The van der Waals surface area contributed by atoms with E-state index in [2.05, 4.69) is 20.4 Å². The third-order valence-electron chi connectivity index (χ3n) is 4.76. The Bertz CT molecular complexity index is 1060.